The third kappa shape index (κ3) is 7.16. The van der Waals surface area contributed by atoms with Gasteiger partial charge in [-0.25, -0.2) is 12.8 Å². The number of carbonyl (C=O) groups excluding carboxylic acids is 1. The number of ether oxygens (including phenoxy) is 1. The predicted molar refractivity (Wildman–Crippen MR) is 144 cm³/mol. The van der Waals surface area contributed by atoms with Crippen LogP contribution in [-0.2, 0) is 16.0 Å². The fraction of sp³-hybridized carbons (Fsp3) is 0.310. The van der Waals surface area contributed by atoms with E-state index in [1.165, 1.54) is 55.5 Å². The highest BCUT2D eigenvalue weighted by Crippen LogP contribution is 2.31. The Balaban J connectivity index is 1.40. The standard InChI is InChI=1S/C29H27F4N3O4S/c1-2-41(38,39)24-10-3-19(4-11-24)27(13-15-34)35-28(37)25-12-7-21(17-26(25)30)36-16-14-23(18-36)40-22-8-5-20(6-9-22)29(31,32)33/h3-12,17,23,27H,2,13-14,16,18H2,1H3,(H,35,37)/t23-,27-/m1/s1. The highest BCUT2D eigenvalue weighted by atomic mass is 32.2. The van der Waals surface area contributed by atoms with Crippen molar-refractivity contribution in [3.8, 4) is 11.8 Å². The van der Waals surface area contributed by atoms with E-state index in [2.05, 4.69) is 5.32 Å². The Hall–Kier alpha value is -4.11. The molecular weight excluding hydrogens is 562 g/mol. The van der Waals surface area contributed by atoms with Gasteiger partial charge in [-0.3, -0.25) is 4.79 Å². The normalized spacial score (nSPS) is 16.2. The second-order valence-electron chi connectivity index (χ2n) is 9.52. The van der Waals surface area contributed by atoms with Crippen LogP contribution >= 0.6 is 0 Å². The average Bonchev–Trinajstić information content (AvgIpc) is 3.41. The molecule has 1 fully saturated rings. The average molecular weight is 590 g/mol. The summed E-state index contributed by atoms with van der Waals surface area (Å²) in [6.45, 7) is 2.42. The number of amides is 1. The fourth-order valence-electron chi connectivity index (χ4n) is 4.51. The number of nitrogens with zero attached hydrogens (tertiary/aromatic N) is 2. The molecule has 1 amide bonds. The van der Waals surface area contributed by atoms with Crippen LogP contribution in [-0.4, -0.2) is 39.3 Å². The number of rotatable bonds is 9. The maximum Gasteiger partial charge on any atom is 0.416 e. The molecule has 0 unspecified atom stereocenters. The van der Waals surface area contributed by atoms with E-state index in [1.807, 2.05) is 11.0 Å². The molecule has 1 saturated heterocycles. The Morgan fingerprint density at radius 2 is 1.80 bits per heavy atom. The molecule has 41 heavy (non-hydrogen) atoms. The minimum atomic E-state index is -4.43. The molecule has 2 atom stereocenters. The maximum absolute atomic E-state index is 15.1. The first kappa shape index (κ1) is 29.9. The van der Waals surface area contributed by atoms with Gasteiger partial charge in [0.25, 0.3) is 5.91 Å². The number of benzene rings is 3. The van der Waals surface area contributed by atoms with Crippen LogP contribution in [0.5, 0.6) is 5.75 Å². The zero-order valence-corrected chi connectivity index (χ0v) is 22.8. The SMILES string of the molecule is CCS(=O)(=O)c1ccc([C@@H](CC#N)NC(=O)c2ccc(N3CC[C@@H](Oc4ccc(C(F)(F)F)cc4)C3)cc2F)cc1. The molecule has 3 aromatic carbocycles. The van der Waals surface area contributed by atoms with E-state index in [0.717, 1.165) is 12.1 Å². The molecule has 0 aliphatic carbocycles. The molecule has 1 aliphatic heterocycles. The Kier molecular flexibility index (Phi) is 8.87. The lowest BCUT2D eigenvalue weighted by atomic mass is 10.0. The van der Waals surface area contributed by atoms with Gasteiger partial charge in [0, 0.05) is 18.7 Å². The van der Waals surface area contributed by atoms with E-state index in [-0.39, 0.29) is 28.7 Å². The zero-order chi connectivity index (χ0) is 29.8. The summed E-state index contributed by atoms with van der Waals surface area (Å²) < 4.78 is 83.3. The molecule has 12 heteroatoms. The van der Waals surface area contributed by atoms with Crippen LogP contribution in [0.3, 0.4) is 0 Å². The first-order valence-electron chi connectivity index (χ1n) is 12.8. The summed E-state index contributed by atoms with van der Waals surface area (Å²) >= 11 is 0. The number of alkyl halides is 3. The van der Waals surface area contributed by atoms with Crippen LogP contribution in [0, 0.1) is 17.1 Å². The van der Waals surface area contributed by atoms with Gasteiger partial charge < -0.3 is 15.0 Å². The van der Waals surface area contributed by atoms with E-state index in [0.29, 0.717) is 36.5 Å². The summed E-state index contributed by atoms with van der Waals surface area (Å²) in [7, 11) is -3.41. The van der Waals surface area contributed by atoms with Crippen molar-refractivity contribution in [3.63, 3.8) is 0 Å². The van der Waals surface area contributed by atoms with E-state index in [9.17, 15) is 31.6 Å². The number of hydrogen-bond donors (Lipinski definition) is 1. The van der Waals surface area contributed by atoms with E-state index in [4.69, 9.17) is 4.74 Å². The van der Waals surface area contributed by atoms with Crippen LogP contribution in [0.1, 0.15) is 47.3 Å². The second kappa shape index (κ2) is 12.2. The molecule has 0 aromatic heterocycles. The van der Waals surface area contributed by atoms with Crippen LogP contribution < -0.4 is 15.0 Å². The molecular formula is C29H27F4N3O4S. The minimum Gasteiger partial charge on any atom is -0.489 e. The number of nitrogens with one attached hydrogen (secondary N) is 1. The van der Waals surface area contributed by atoms with Gasteiger partial charge in [-0.05, 0) is 60.2 Å². The summed E-state index contributed by atoms with van der Waals surface area (Å²) in [6.07, 6.45) is -4.29. The quantitative estimate of drug-likeness (QED) is 0.323. The van der Waals surface area contributed by atoms with Crippen molar-refractivity contribution in [1.82, 2.24) is 5.32 Å². The first-order valence-corrected chi connectivity index (χ1v) is 14.5. The molecule has 0 saturated carbocycles. The lowest BCUT2D eigenvalue weighted by Gasteiger charge is -2.21. The Bertz CT molecular complexity index is 1540. The molecule has 1 aliphatic rings. The van der Waals surface area contributed by atoms with Crippen LogP contribution in [0.25, 0.3) is 0 Å². The van der Waals surface area contributed by atoms with Crippen molar-refractivity contribution < 1.29 is 35.5 Å². The van der Waals surface area contributed by atoms with Gasteiger partial charge in [-0.2, -0.15) is 18.4 Å². The number of halogens is 4. The zero-order valence-electron chi connectivity index (χ0n) is 22.0. The smallest absolute Gasteiger partial charge is 0.416 e. The van der Waals surface area contributed by atoms with Gasteiger partial charge in [0.2, 0.25) is 0 Å². The van der Waals surface area contributed by atoms with Crippen LogP contribution in [0.15, 0.2) is 71.6 Å². The summed E-state index contributed by atoms with van der Waals surface area (Å²) in [5.41, 5.74) is 0.0254. The lowest BCUT2D eigenvalue weighted by Crippen LogP contribution is -2.29. The molecule has 7 nitrogen and oxygen atoms in total. The topological polar surface area (TPSA) is 99.5 Å². The second-order valence-corrected chi connectivity index (χ2v) is 11.8. The maximum atomic E-state index is 15.1. The van der Waals surface area contributed by atoms with Crippen LogP contribution in [0.4, 0.5) is 23.2 Å². The number of nitriles is 1. The van der Waals surface area contributed by atoms with Crippen molar-refractivity contribution in [2.24, 2.45) is 0 Å². The predicted octanol–water partition coefficient (Wildman–Crippen LogP) is 5.68. The highest BCUT2D eigenvalue weighted by molar-refractivity contribution is 7.91. The van der Waals surface area contributed by atoms with Gasteiger partial charge in [0.15, 0.2) is 9.84 Å². The molecule has 216 valence electrons. The molecule has 0 bridgehead atoms. The summed E-state index contributed by atoms with van der Waals surface area (Å²) in [5.74, 6) is -1.27. The first-order chi connectivity index (χ1) is 19.4. The highest BCUT2D eigenvalue weighted by Gasteiger charge is 2.31. The summed E-state index contributed by atoms with van der Waals surface area (Å²) in [6, 6.07) is 15.6. The molecule has 1 heterocycles. The Morgan fingerprint density at radius 3 is 2.39 bits per heavy atom. The number of carbonyl (C=O) groups is 1. The van der Waals surface area contributed by atoms with Crippen LogP contribution in [0.2, 0.25) is 0 Å². The third-order valence-electron chi connectivity index (χ3n) is 6.81. The Labute approximate surface area is 235 Å². The van der Waals surface area contributed by atoms with Crippen molar-refractivity contribution in [1.29, 1.82) is 5.26 Å². The largest absolute Gasteiger partial charge is 0.489 e. The monoisotopic (exact) mass is 589 g/mol. The number of hydrogen-bond acceptors (Lipinski definition) is 6. The lowest BCUT2D eigenvalue weighted by molar-refractivity contribution is -0.137. The summed E-state index contributed by atoms with van der Waals surface area (Å²) in [5, 5.41) is 11.9. The van der Waals surface area contributed by atoms with Gasteiger partial charge in [-0.15, -0.1) is 0 Å². The molecule has 4 rings (SSSR count). The fourth-order valence-corrected chi connectivity index (χ4v) is 5.40. The van der Waals surface area contributed by atoms with Gasteiger partial charge in [-0.1, -0.05) is 19.1 Å². The number of anilines is 1. The molecule has 0 radical (unpaired) electrons. The Morgan fingerprint density at radius 1 is 1.12 bits per heavy atom. The molecule has 3 aromatic rings. The van der Waals surface area contributed by atoms with Gasteiger partial charge in [0.1, 0.15) is 17.7 Å². The minimum absolute atomic E-state index is 0.0652. The molecule has 1 N–H and O–H groups in total. The third-order valence-corrected chi connectivity index (χ3v) is 8.56. The van der Waals surface area contributed by atoms with Gasteiger partial charge in [0.05, 0.1) is 46.9 Å². The van der Waals surface area contributed by atoms with Crippen molar-refractivity contribution in [2.45, 2.75) is 43.0 Å². The van der Waals surface area contributed by atoms with E-state index < -0.39 is 39.3 Å². The van der Waals surface area contributed by atoms with E-state index >= 15 is 4.39 Å². The number of sulfone groups is 1. The van der Waals surface area contributed by atoms with E-state index in [1.54, 1.807) is 6.07 Å². The summed E-state index contributed by atoms with van der Waals surface area (Å²) in [4.78, 5) is 14.9. The van der Waals surface area contributed by atoms with Crippen molar-refractivity contribution >= 4 is 21.4 Å². The molecule has 0 spiro atoms. The van der Waals surface area contributed by atoms with Crippen molar-refractivity contribution in [2.75, 3.05) is 23.7 Å². The van der Waals surface area contributed by atoms with Gasteiger partial charge >= 0.3 is 6.18 Å². The van der Waals surface area contributed by atoms with Crippen molar-refractivity contribution in [3.05, 3.63) is 89.2 Å².